The third-order valence-electron chi connectivity index (χ3n) is 7.09. The van der Waals surface area contributed by atoms with E-state index in [1.807, 2.05) is 61.5 Å². The molecule has 2 aromatic heterocycles. The largest absolute Gasteiger partial charge is 0.383 e. The molecule has 1 saturated heterocycles. The van der Waals surface area contributed by atoms with Gasteiger partial charge in [0.1, 0.15) is 11.4 Å². The smallest absolute Gasteiger partial charge is 0.261 e. The van der Waals surface area contributed by atoms with Gasteiger partial charge in [-0.1, -0.05) is 24.3 Å². The molecule has 10 heteroatoms. The van der Waals surface area contributed by atoms with E-state index >= 15 is 0 Å². The average molecular weight is 526 g/mol. The van der Waals surface area contributed by atoms with Crippen molar-refractivity contribution in [1.29, 1.82) is 0 Å². The third-order valence-corrected chi connectivity index (χ3v) is 7.09. The van der Waals surface area contributed by atoms with E-state index in [0.717, 1.165) is 56.1 Å². The zero-order chi connectivity index (χ0) is 27.4. The maximum absolute atomic E-state index is 13.0. The predicted octanol–water partition coefficient (Wildman–Crippen LogP) is 3.02. The molecule has 1 fully saturated rings. The maximum Gasteiger partial charge on any atom is 0.261 e. The van der Waals surface area contributed by atoms with E-state index in [1.165, 1.54) is 16.4 Å². The standard InChI is InChI=1S/C29H35N9O/c1-35(2)24-10-6-22(7-11-24)26-12-14-31-29(34-26)38-27(30)25(20-32-38)28(39)33-23-8-4-21(5-9-23)13-15-37-18-16-36(3)17-19-37/h4-12,14,20H,13,15-19,30H2,1-3H3,(H,33,39). The molecular formula is C29H35N9O. The third kappa shape index (κ3) is 6.24. The van der Waals surface area contributed by atoms with E-state index in [4.69, 9.17) is 5.73 Å². The summed E-state index contributed by atoms with van der Waals surface area (Å²) in [6.07, 6.45) is 4.08. The molecule has 0 saturated carbocycles. The van der Waals surface area contributed by atoms with Crippen LogP contribution in [-0.4, -0.2) is 89.3 Å². The number of benzene rings is 2. The van der Waals surface area contributed by atoms with Crippen molar-refractivity contribution in [3.05, 3.63) is 78.1 Å². The monoisotopic (exact) mass is 525 g/mol. The summed E-state index contributed by atoms with van der Waals surface area (Å²) in [6.45, 7) is 5.50. The lowest BCUT2D eigenvalue weighted by Crippen LogP contribution is -2.45. The Bertz CT molecular complexity index is 1410. The lowest BCUT2D eigenvalue weighted by molar-refractivity contribution is 0.102. The van der Waals surface area contributed by atoms with Crippen LogP contribution in [0.5, 0.6) is 0 Å². The molecule has 202 valence electrons. The first kappa shape index (κ1) is 26.3. The van der Waals surface area contributed by atoms with Gasteiger partial charge in [0.05, 0.1) is 11.9 Å². The van der Waals surface area contributed by atoms with E-state index in [1.54, 1.807) is 6.20 Å². The predicted molar refractivity (Wildman–Crippen MR) is 155 cm³/mol. The van der Waals surface area contributed by atoms with Crippen LogP contribution in [0.15, 0.2) is 67.0 Å². The van der Waals surface area contributed by atoms with E-state index < -0.39 is 0 Å². The fourth-order valence-electron chi connectivity index (χ4n) is 4.55. The van der Waals surface area contributed by atoms with Gasteiger partial charge in [-0.2, -0.15) is 9.78 Å². The number of nitrogens with two attached hydrogens (primary N) is 1. The second-order valence-corrected chi connectivity index (χ2v) is 10.1. The number of piperazine rings is 1. The Morgan fingerprint density at radius 1 is 1.00 bits per heavy atom. The Morgan fingerprint density at radius 2 is 1.72 bits per heavy atom. The van der Waals surface area contributed by atoms with Gasteiger partial charge in [-0.25, -0.2) is 9.97 Å². The second-order valence-electron chi connectivity index (χ2n) is 10.1. The number of anilines is 3. The lowest BCUT2D eigenvalue weighted by Gasteiger charge is -2.32. The van der Waals surface area contributed by atoms with Gasteiger partial charge in [-0.15, -0.1) is 0 Å². The number of carbonyl (C=O) groups is 1. The van der Waals surface area contributed by atoms with Crippen molar-refractivity contribution in [1.82, 2.24) is 29.5 Å². The summed E-state index contributed by atoms with van der Waals surface area (Å²) in [5.74, 6) is 0.140. The lowest BCUT2D eigenvalue weighted by atomic mass is 10.1. The highest BCUT2D eigenvalue weighted by molar-refractivity contribution is 6.07. The Balaban J connectivity index is 1.23. The van der Waals surface area contributed by atoms with Crippen LogP contribution in [-0.2, 0) is 6.42 Å². The number of amides is 1. The molecular weight excluding hydrogens is 490 g/mol. The molecule has 5 rings (SSSR count). The number of nitrogens with zero attached hydrogens (tertiary/aromatic N) is 7. The first-order chi connectivity index (χ1) is 18.9. The summed E-state index contributed by atoms with van der Waals surface area (Å²) in [5.41, 5.74) is 11.3. The van der Waals surface area contributed by atoms with E-state index in [9.17, 15) is 4.79 Å². The maximum atomic E-state index is 13.0. The molecule has 0 radical (unpaired) electrons. The number of nitrogen functional groups attached to an aromatic ring is 1. The first-order valence-corrected chi connectivity index (χ1v) is 13.1. The van der Waals surface area contributed by atoms with Crippen LogP contribution in [0.25, 0.3) is 17.2 Å². The molecule has 0 spiro atoms. The normalized spacial score (nSPS) is 14.3. The van der Waals surface area contributed by atoms with Crippen molar-refractivity contribution in [2.24, 2.45) is 0 Å². The number of hydrogen-bond acceptors (Lipinski definition) is 8. The molecule has 1 aliphatic heterocycles. The van der Waals surface area contributed by atoms with Crippen molar-refractivity contribution in [2.75, 3.05) is 69.8 Å². The minimum absolute atomic E-state index is 0.177. The van der Waals surface area contributed by atoms with E-state index in [2.05, 4.69) is 49.4 Å². The number of likely N-dealkylation sites (N-methyl/N-ethyl adjacent to an activating group) is 1. The van der Waals surface area contributed by atoms with Crippen molar-refractivity contribution >= 4 is 23.1 Å². The Labute approximate surface area is 229 Å². The molecule has 1 amide bonds. The summed E-state index contributed by atoms with van der Waals surface area (Å²) < 4.78 is 1.38. The topological polar surface area (TPSA) is 108 Å². The number of hydrogen-bond donors (Lipinski definition) is 2. The van der Waals surface area contributed by atoms with Crippen molar-refractivity contribution < 1.29 is 4.79 Å². The van der Waals surface area contributed by atoms with Gasteiger partial charge in [0.2, 0.25) is 0 Å². The molecule has 3 heterocycles. The van der Waals surface area contributed by atoms with Gasteiger partial charge in [-0.05, 0) is 49.4 Å². The summed E-state index contributed by atoms with van der Waals surface area (Å²) in [5, 5.41) is 7.22. The number of rotatable bonds is 8. The molecule has 0 unspecified atom stereocenters. The van der Waals surface area contributed by atoms with Gasteiger partial charge in [0.15, 0.2) is 0 Å². The molecule has 10 nitrogen and oxygen atoms in total. The minimum atomic E-state index is -0.334. The van der Waals surface area contributed by atoms with Gasteiger partial charge >= 0.3 is 0 Å². The van der Waals surface area contributed by atoms with Crippen LogP contribution >= 0.6 is 0 Å². The minimum Gasteiger partial charge on any atom is -0.383 e. The molecule has 39 heavy (non-hydrogen) atoms. The number of aromatic nitrogens is 4. The second kappa shape index (κ2) is 11.6. The molecule has 0 aliphatic carbocycles. The zero-order valence-electron chi connectivity index (χ0n) is 22.7. The average Bonchev–Trinajstić information content (AvgIpc) is 3.35. The quantitative estimate of drug-likeness (QED) is 0.362. The van der Waals surface area contributed by atoms with Crippen LogP contribution in [0.2, 0.25) is 0 Å². The van der Waals surface area contributed by atoms with Gasteiger partial charge in [0.25, 0.3) is 11.9 Å². The Kier molecular flexibility index (Phi) is 7.85. The molecule has 4 aromatic rings. The van der Waals surface area contributed by atoms with Crippen LogP contribution in [0.3, 0.4) is 0 Å². The van der Waals surface area contributed by atoms with Crippen molar-refractivity contribution in [3.63, 3.8) is 0 Å². The van der Waals surface area contributed by atoms with Crippen molar-refractivity contribution in [2.45, 2.75) is 6.42 Å². The fraction of sp³-hybridized carbons (Fsp3) is 0.310. The Morgan fingerprint density at radius 3 is 2.41 bits per heavy atom. The molecule has 1 aliphatic rings. The van der Waals surface area contributed by atoms with E-state index in [-0.39, 0.29) is 17.3 Å². The fourth-order valence-corrected chi connectivity index (χ4v) is 4.55. The summed E-state index contributed by atoms with van der Waals surface area (Å²) in [7, 11) is 6.16. The van der Waals surface area contributed by atoms with Crippen LogP contribution in [0.1, 0.15) is 15.9 Å². The van der Waals surface area contributed by atoms with Gasteiger partial charge in [-0.3, -0.25) is 4.79 Å². The highest BCUT2D eigenvalue weighted by Crippen LogP contribution is 2.23. The molecule has 0 bridgehead atoms. The number of carbonyl (C=O) groups excluding carboxylic acids is 1. The summed E-state index contributed by atoms with van der Waals surface area (Å²) in [4.78, 5) is 28.8. The van der Waals surface area contributed by atoms with E-state index in [0.29, 0.717) is 11.6 Å². The summed E-state index contributed by atoms with van der Waals surface area (Å²) >= 11 is 0. The van der Waals surface area contributed by atoms with Gasteiger partial charge < -0.3 is 25.8 Å². The SMILES string of the molecule is CN1CCN(CCc2ccc(NC(=O)c3cnn(-c4nccc(-c5ccc(N(C)C)cc5)n4)c3N)cc2)CC1. The molecule has 2 aromatic carbocycles. The Hall–Kier alpha value is -4.28. The molecule has 3 N–H and O–H groups in total. The van der Waals surface area contributed by atoms with Gasteiger partial charge in [0, 0.05) is 70.0 Å². The van der Waals surface area contributed by atoms with Crippen LogP contribution in [0, 0.1) is 0 Å². The van der Waals surface area contributed by atoms with Crippen LogP contribution < -0.4 is 16.0 Å². The molecule has 0 atom stereocenters. The number of nitrogens with one attached hydrogen (secondary N) is 1. The van der Waals surface area contributed by atoms with Crippen LogP contribution in [0.4, 0.5) is 17.2 Å². The van der Waals surface area contributed by atoms with Crippen molar-refractivity contribution in [3.8, 4) is 17.2 Å². The highest BCUT2D eigenvalue weighted by atomic mass is 16.1. The highest BCUT2D eigenvalue weighted by Gasteiger charge is 2.18. The zero-order valence-corrected chi connectivity index (χ0v) is 22.7. The summed E-state index contributed by atoms with van der Waals surface area (Å²) in [6, 6.07) is 17.9. The first-order valence-electron chi connectivity index (χ1n) is 13.1.